The molecule has 15 heavy (non-hydrogen) atoms. The fourth-order valence-electron chi connectivity index (χ4n) is 1.55. The van der Waals surface area contributed by atoms with Crippen LogP contribution in [-0.4, -0.2) is 13.2 Å². The van der Waals surface area contributed by atoms with Crippen molar-refractivity contribution in [3.05, 3.63) is 28.8 Å². The first-order valence-corrected chi connectivity index (χ1v) is 4.94. The maximum atomic E-state index is 5.78. The highest BCUT2D eigenvalue weighted by atomic mass is 35.5. The molecule has 1 rings (SSSR count). The van der Waals surface area contributed by atoms with Gasteiger partial charge in [-0.1, -0.05) is 6.07 Å². The largest absolute Gasteiger partial charge is 0.496 e. The summed E-state index contributed by atoms with van der Waals surface area (Å²) in [5, 5.41) is 0. The van der Waals surface area contributed by atoms with Gasteiger partial charge in [0.15, 0.2) is 0 Å². The summed E-state index contributed by atoms with van der Waals surface area (Å²) in [5.74, 6) is 0.949. The molecule has 0 amide bonds. The first kappa shape index (κ1) is 14.3. The zero-order chi connectivity index (χ0) is 10.7. The highest BCUT2D eigenvalue weighted by Gasteiger charge is 2.07. The van der Waals surface area contributed by atoms with E-state index in [9.17, 15) is 0 Å². The molecule has 0 aliphatic carbocycles. The van der Waals surface area contributed by atoms with E-state index in [1.165, 1.54) is 16.7 Å². The van der Waals surface area contributed by atoms with E-state index < -0.39 is 0 Å². The molecule has 1 unspecified atom stereocenters. The minimum atomic E-state index is 0. The summed E-state index contributed by atoms with van der Waals surface area (Å²) in [5.41, 5.74) is 9.53. The molecule has 2 N–H and O–H groups in total. The van der Waals surface area contributed by atoms with Crippen LogP contribution in [0.3, 0.4) is 0 Å². The average molecular weight is 230 g/mol. The third kappa shape index (κ3) is 3.73. The van der Waals surface area contributed by atoms with E-state index >= 15 is 0 Å². The molecule has 0 heterocycles. The lowest BCUT2D eigenvalue weighted by molar-refractivity contribution is 0.408. The topological polar surface area (TPSA) is 35.2 Å². The molecular formula is C12H20ClNO. The number of methoxy groups -OCH3 is 1. The third-order valence-electron chi connectivity index (χ3n) is 2.44. The molecule has 0 fully saturated rings. The van der Waals surface area contributed by atoms with Gasteiger partial charge in [0.1, 0.15) is 5.75 Å². The number of aryl methyl sites for hydroxylation is 2. The number of halogens is 1. The summed E-state index contributed by atoms with van der Waals surface area (Å²) in [6.07, 6.45) is 0.865. The monoisotopic (exact) mass is 229 g/mol. The Hall–Kier alpha value is -0.730. The average Bonchev–Trinajstić information content (AvgIpc) is 2.10. The Morgan fingerprint density at radius 1 is 1.27 bits per heavy atom. The Morgan fingerprint density at radius 2 is 1.80 bits per heavy atom. The molecule has 3 heteroatoms. The van der Waals surface area contributed by atoms with E-state index in [1.807, 2.05) is 6.92 Å². The first-order chi connectivity index (χ1) is 6.54. The fourth-order valence-corrected chi connectivity index (χ4v) is 1.55. The van der Waals surface area contributed by atoms with Crippen molar-refractivity contribution < 1.29 is 4.74 Å². The number of benzene rings is 1. The van der Waals surface area contributed by atoms with Crippen LogP contribution in [0.2, 0.25) is 0 Å². The highest BCUT2D eigenvalue weighted by Crippen LogP contribution is 2.23. The molecule has 1 atom stereocenters. The lowest BCUT2D eigenvalue weighted by Crippen LogP contribution is -2.18. The second-order valence-corrected chi connectivity index (χ2v) is 3.93. The van der Waals surface area contributed by atoms with E-state index in [2.05, 4.69) is 26.0 Å². The number of nitrogens with two attached hydrogens (primary N) is 1. The quantitative estimate of drug-likeness (QED) is 0.865. The van der Waals surface area contributed by atoms with Gasteiger partial charge in [0.25, 0.3) is 0 Å². The lowest BCUT2D eigenvalue weighted by Gasteiger charge is -2.13. The first-order valence-electron chi connectivity index (χ1n) is 4.94. The van der Waals surface area contributed by atoms with Crippen LogP contribution < -0.4 is 10.5 Å². The summed E-state index contributed by atoms with van der Waals surface area (Å²) >= 11 is 0. The van der Waals surface area contributed by atoms with Gasteiger partial charge < -0.3 is 10.5 Å². The number of ether oxygens (including phenoxy) is 1. The molecule has 1 aromatic rings. The highest BCUT2D eigenvalue weighted by molar-refractivity contribution is 5.85. The van der Waals surface area contributed by atoms with Gasteiger partial charge in [-0.15, -0.1) is 12.4 Å². The smallest absolute Gasteiger partial charge is 0.122 e. The molecule has 0 aromatic heterocycles. The lowest BCUT2D eigenvalue weighted by atomic mass is 10.0. The second kappa shape index (κ2) is 5.99. The summed E-state index contributed by atoms with van der Waals surface area (Å²) in [7, 11) is 1.70. The Labute approximate surface area is 98.2 Å². The Kier molecular flexibility index (Phi) is 5.69. The van der Waals surface area contributed by atoms with Gasteiger partial charge in [-0.05, 0) is 49.9 Å². The van der Waals surface area contributed by atoms with Gasteiger partial charge in [-0.25, -0.2) is 0 Å². The SMILES string of the molecule is COc1cc(C)c(C)cc1CC(C)N.Cl. The molecular weight excluding hydrogens is 210 g/mol. The van der Waals surface area contributed by atoms with E-state index in [0.29, 0.717) is 0 Å². The summed E-state index contributed by atoms with van der Waals surface area (Å²) < 4.78 is 5.33. The minimum absolute atomic E-state index is 0. The predicted molar refractivity (Wildman–Crippen MR) is 67.1 cm³/mol. The number of rotatable bonds is 3. The van der Waals surface area contributed by atoms with Gasteiger partial charge in [0, 0.05) is 6.04 Å². The van der Waals surface area contributed by atoms with Gasteiger partial charge in [0.2, 0.25) is 0 Å². The Bertz CT molecular complexity index is 324. The molecule has 0 saturated heterocycles. The molecule has 0 bridgehead atoms. The summed E-state index contributed by atoms with van der Waals surface area (Å²) in [6, 6.07) is 4.41. The van der Waals surface area contributed by atoms with Crippen LogP contribution in [-0.2, 0) is 6.42 Å². The van der Waals surface area contributed by atoms with Gasteiger partial charge in [-0.2, -0.15) is 0 Å². The van der Waals surface area contributed by atoms with Crippen molar-refractivity contribution in [2.45, 2.75) is 33.2 Å². The number of hydrogen-bond donors (Lipinski definition) is 1. The number of hydrogen-bond acceptors (Lipinski definition) is 2. The molecule has 1 aromatic carbocycles. The van der Waals surface area contributed by atoms with Gasteiger partial charge >= 0.3 is 0 Å². The van der Waals surface area contributed by atoms with Crippen molar-refractivity contribution >= 4 is 12.4 Å². The zero-order valence-electron chi connectivity index (χ0n) is 9.83. The van der Waals surface area contributed by atoms with Crippen molar-refractivity contribution in [1.82, 2.24) is 0 Å². The van der Waals surface area contributed by atoms with Gasteiger partial charge in [0.05, 0.1) is 7.11 Å². The minimum Gasteiger partial charge on any atom is -0.496 e. The summed E-state index contributed by atoms with van der Waals surface area (Å²) in [6.45, 7) is 6.21. The molecule has 0 aliphatic heterocycles. The van der Waals surface area contributed by atoms with E-state index in [1.54, 1.807) is 7.11 Å². The Morgan fingerprint density at radius 3 is 2.27 bits per heavy atom. The fraction of sp³-hybridized carbons (Fsp3) is 0.500. The van der Waals surface area contributed by atoms with Crippen LogP contribution in [0.1, 0.15) is 23.6 Å². The van der Waals surface area contributed by atoms with Gasteiger partial charge in [-0.3, -0.25) is 0 Å². The second-order valence-electron chi connectivity index (χ2n) is 3.93. The van der Waals surface area contributed by atoms with Crippen molar-refractivity contribution in [2.75, 3.05) is 7.11 Å². The standard InChI is InChI=1S/C12H19NO.ClH/c1-8-5-11(7-10(3)13)12(14-4)6-9(8)2;/h5-6,10H,7,13H2,1-4H3;1H. The molecule has 0 aliphatic rings. The maximum Gasteiger partial charge on any atom is 0.122 e. The predicted octanol–water partition coefficient (Wildman–Crippen LogP) is 2.62. The van der Waals surface area contributed by atoms with E-state index in [-0.39, 0.29) is 18.4 Å². The van der Waals surface area contributed by atoms with Crippen molar-refractivity contribution in [3.63, 3.8) is 0 Å². The molecule has 86 valence electrons. The van der Waals surface area contributed by atoms with Crippen molar-refractivity contribution in [3.8, 4) is 5.75 Å². The Balaban J connectivity index is 0.00000196. The maximum absolute atomic E-state index is 5.78. The molecule has 0 spiro atoms. The van der Waals surface area contributed by atoms with E-state index in [0.717, 1.165) is 12.2 Å². The van der Waals surface area contributed by atoms with Crippen molar-refractivity contribution in [1.29, 1.82) is 0 Å². The van der Waals surface area contributed by atoms with Crippen LogP contribution in [0.25, 0.3) is 0 Å². The normalized spacial score (nSPS) is 11.8. The van der Waals surface area contributed by atoms with Crippen LogP contribution in [0, 0.1) is 13.8 Å². The van der Waals surface area contributed by atoms with Crippen LogP contribution in [0.15, 0.2) is 12.1 Å². The van der Waals surface area contributed by atoms with Crippen LogP contribution >= 0.6 is 12.4 Å². The van der Waals surface area contributed by atoms with Crippen LogP contribution in [0.5, 0.6) is 5.75 Å². The van der Waals surface area contributed by atoms with Crippen LogP contribution in [0.4, 0.5) is 0 Å². The molecule has 0 radical (unpaired) electrons. The van der Waals surface area contributed by atoms with E-state index in [4.69, 9.17) is 10.5 Å². The van der Waals surface area contributed by atoms with Crippen molar-refractivity contribution in [2.24, 2.45) is 5.73 Å². The molecule has 0 saturated carbocycles. The zero-order valence-corrected chi connectivity index (χ0v) is 10.6. The summed E-state index contributed by atoms with van der Waals surface area (Å²) in [4.78, 5) is 0. The molecule has 2 nitrogen and oxygen atoms in total. The third-order valence-corrected chi connectivity index (χ3v) is 2.44.